The molecule has 0 radical (unpaired) electrons. The molecule has 1 heterocycles. The summed E-state index contributed by atoms with van der Waals surface area (Å²) in [5, 5.41) is 6.46. The highest BCUT2D eigenvalue weighted by atomic mass is 16.5. The average molecular weight is 236 g/mol. The van der Waals surface area contributed by atoms with Gasteiger partial charge in [0.15, 0.2) is 11.6 Å². The summed E-state index contributed by atoms with van der Waals surface area (Å²) < 4.78 is 5.36. The van der Waals surface area contributed by atoms with E-state index in [9.17, 15) is 0 Å². The normalized spacial score (nSPS) is 15.5. The first-order chi connectivity index (χ1) is 8.08. The van der Waals surface area contributed by atoms with Gasteiger partial charge in [0.1, 0.15) is 6.33 Å². The Labute approximate surface area is 102 Å². The largest absolute Gasteiger partial charge is 0.490 e. The number of hydrogen-bond acceptors (Lipinski definition) is 5. The van der Waals surface area contributed by atoms with E-state index in [1.54, 1.807) is 13.4 Å². The second-order valence-corrected chi connectivity index (χ2v) is 4.98. The zero-order valence-corrected chi connectivity index (χ0v) is 10.9. The first kappa shape index (κ1) is 12.0. The number of nitrogens with zero attached hydrogens (tertiary/aromatic N) is 2. The van der Waals surface area contributed by atoms with E-state index in [1.165, 1.54) is 12.8 Å². The lowest BCUT2D eigenvalue weighted by Gasteiger charge is -2.27. The zero-order valence-electron chi connectivity index (χ0n) is 10.9. The molecule has 2 N–H and O–H groups in total. The topological polar surface area (TPSA) is 59.1 Å². The molecule has 17 heavy (non-hydrogen) atoms. The van der Waals surface area contributed by atoms with Crippen LogP contribution in [-0.4, -0.2) is 29.7 Å². The van der Waals surface area contributed by atoms with E-state index in [-0.39, 0.29) is 5.54 Å². The van der Waals surface area contributed by atoms with Crippen molar-refractivity contribution in [2.45, 2.75) is 32.2 Å². The molecule has 1 aliphatic carbocycles. The lowest BCUT2D eigenvalue weighted by atomic mass is 9.99. The van der Waals surface area contributed by atoms with Gasteiger partial charge in [-0.2, -0.15) is 0 Å². The summed E-state index contributed by atoms with van der Waals surface area (Å²) in [5.41, 5.74) is 0.0483. The van der Waals surface area contributed by atoms with Gasteiger partial charge < -0.3 is 15.4 Å². The van der Waals surface area contributed by atoms with E-state index >= 15 is 0 Å². The fourth-order valence-electron chi connectivity index (χ4n) is 2.05. The maximum absolute atomic E-state index is 5.36. The summed E-state index contributed by atoms with van der Waals surface area (Å²) in [5.74, 6) is 2.85. The van der Waals surface area contributed by atoms with Crippen molar-refractivity contribution in [3.63, 3.8) is 0 Å². The van der Waals surface area contributed by atoms with Gasteiger partial charge in [0.05, 0.1) is 7.11 Å². The van der Waals surface area contributed by atoms with Crippen molar-refractivity contribution in [1.82, 2.24) is 9.97 Å². The maximum Gasteiger partial charge on any atom is 0.204 e. The van der Waals surface area contributed by atoms with Crippen LogP contribution in [0.3, 0.4) is 0 Å². The van der Waals surface area contributed by atoms with Crippen molar-refractivity contribution in [2.75, 3.05) is 24.8 Å². The number of anilines is 2. The molecule has 0 unspecified atom stereocenters. The van der Waals surface area contributed by atoms with E-state index in [4.69, 9.17) is 4.74 Å². The second-order valence-electron chi connectivity index (χ2n) is 4.98. The third-order valence-electron chi connectivity index (χ3n) is 3.28. The predicted molar refractivity (Wildman–Crippen MR) is 68.6 cm³/mol. The van der Waals surface area contributed by atoms with Gasteiger partial charge in [0.25, 0.3) is 0 Å². The fourth-order valence-corrected chi connectivity index (χ4v) is 2.05. The Bertz CT molecular complexity index is 401. The summed E-state index contributed by atoms with van der Waals surface area (Å²) in [6, 6.07) is 0. The van der Waals surface area contributed by atoms with Crippen molar-refractivity contribution in [1.29, 1.82) is 0 Å². The van der Waals surface area contributed by atoms with E-state index in [1.807, 2.05) is 7.05 Å². The number of nitrogens with one attached hydrogen (secondary N) is 2. The molecule has 1 aliphatic rings. The average Bonchev–Trinajstić information content (AvgIpc) is 3.12. The highest BCUT2D eigenvalue weighted by Crippen LogP contribution is 2.42. The number of hydrogen-bond donors (Lipinski definition) is 2. The monoisotopic (exact) mass is 236 g/mol. The summed E-state index contributed by atoms with van der Waals surface area (Å²) in [4.78, 5) is 8.40. The molecule has 1 aromatic heterocycles. The van der Waals surface area contributed by atoms with E-state index in [0.717, 1.165) is 11.7 Å². The molecule has 5 nitrogen and oxygen atoms in total. The first-order valence-corrected chi connectivity index (χ1v) is 5.93. The quantitative estimate of drug-likeness (QED) is 0.820. The van der Waals surface area contributed by atoms with E-state index < -0.39 is 0 Å². The molecule has 5 heteroatoms. The Hall–Kier alpha value is -1.52. The molecular formula is C12H20N4O. The summed E-state index contributed by atoms with van der Waals surface area (Å²) >= 11 is 0. The molecule has 1 saturated carbocycles. The van der Waals surface area contributed by atoms with Crippen molar-refractivity contribution in [3.05, 3.63) is 6.33 Å². The minimum Gasteiger partial charge on any atom is -0.490 e. The molecule has 0 saturated heterocycles. The van der Waals surface area contributed by atoms with Crippen LogP contribution < -0.4 is 15.4 Å². The van der Waals surface area contributed by atoms with Gasteiger partial charge in [0.2, 0.25) is 5.75 Å². The third kappa shape index (κ3) is 2.43. The van der Waals surface area contributed by atoms with Crippen molar-refractivity contribution in [2.24, 2.45) is 5.92 Å². The van der Waals surface area contributed by atoms with Gasteiger partial charge in [-0.3, -0.25) is 0 Å². The molecule has 0 spiro atoms. The van der Waals surface area contributed by atoms with Gasteiger partial charge in [-0.05, 0) is 32.6 Å². The van der Waals surface area contributed by atoms with E-state index in [0.29, 0.717) is 11.6 Å². The van der Waals surface area contributed by atoms with Crippen LogP contribution in [0.2, 0.25) is 0 Å². The van der Waals surface area contributed by atoms with Gasteiger partial charge in [-0.25, -0.2) is 9.97 Å². The number of methoxy groups -OCH3 is 1. The Balaban J connectivity index is 2.25. The third-order valence-corrected chi connectivity index (χ3v) is 3.28. The lowest BCUT2D eigenvalue weighted by Crippen LogP contribution is -2.34. The van der Waals surface area contributed by atoms with Crippen LogP contribution >= 0.6 is 0 Å². The zero-order chi connectivity index (χ0) is 12.5. The van der Waals surface area contributed by atoms with Crippen LogP contribution in [0.5, 0.6) is 5.75 Å². The summed E-state index contributed by atoms with van der Waals surface area (Å²) in [6.07, 6.45) is 4.11. The Kier molecular flexibility index (Phi) is 3.09. The van der Waals surface area contributed by atoms with Crippen LogP contribution in [0.25, 0.3) is 0 Å². The highest BCUT2D eigenvalue weighted by Gasteiger charge is 2.38. The molecule has 0 amide bonds. The standard InChI is InChI=1S/C12H20N4O/c1-12(2,8-5-6-8)16-11-9(17-4)10(13-3)14-7-15-11/h7-8H,5-6H2,1-4H3,(H2,13,14,15,16). The number of ether oxygens (including phenoxy) is 1. The molecule has 1 fully saturated rings. The second kappa shape index (κ2) is 4.39. The van der Waals surface area contributed by atoms with Crippen LogP contribution in [0.15, 0.2) is 6.33 Å². The Morgan fingerprint density at radius 3 is 2.47 bits per heavy atom. The molecule has 0 atom stereocenters. The van der Waals surface area contributed by atoms with Crippen molar-refractivity contribution >= 4 is 11.6 Å². The number of aromatic nitrogens is 2. The summed E-state index contributed by atoms with van der Waals surface area (Å²) in [6.45, 7) is 4.40. The van der Waals surface area contributed by atoms with Crippen LogP contribution in [0.4, 0.5) is 11.6 Å². The molecule has 2 rings (SSSR count). The molecule has 0 bridgehead atoms. The predicted octanol–water partition coefficient (Wildman–Crippen LogP) is 2.13. The van der Waals surface area contributed by atoms with E-state index in [2.05, 4.69) is 34.4 Å². The van der Waals surface area contributed by atoms with Gasteiger partial charge >= 0.3 is 0 Å². The smallest absolute Gasteiger partial charge is 0.204 e. The van der Waals surface area contributed by atoms with Crippen LogP contribution in [-0.2, 0) is 0 Å². The van der Waals surface area contributed by atoms with Gasteiger partial charge in [-0.15, -0.1) is 0 Å². The van der Waals surface area contributed by atoms with Gasteiger partial charge in [0, 0.05) is 12.6 Å². The Morgan fingerprint density at radius 2 is 1.94 bits per heavy atom. The maximum atomic E-state index is 5.36. The van der Waals surface area contributed by atoms with Crippen molar-refractivity contribution in [3.8, 4) is 5.75 Å². The van der Waals surface area contributed by atoms with Crippen molar-refractivity contribution < 1.29 is 4.74 Å². The van der Waals surface area contributed by atoms with Crippen LogP contribution in [0.1, 0.15) is 26.7 Å². The minimum atomic E-state index is 0.0483. The Morgan fingerprint density at radius 1 is 1.29 bits per heavy atom. The molecule has 0 aromatic carbocycles. The van der Waals surface area contributed by atoms with Crippen LogP contribution in [0, 0.1) is 5.92 Å². The minimum absolute atomic E-state index is 0.0483. The molecule has 0 aliphatic heterocycles. The SMILES string of the molecule is CNc1ncnc(NC(C)(C)C2CC2)c1OC. The summed E-state index contributed by atoms with van der Waals surface area (Å²) in [7, 11) is 3.45. The fraction of sp³-hybridized carbons (Fsp3) is 0.667. The molecular weight excluding hydrogens is 216 g/mol. The molecule has 94 valence electrons. The first-order valence-electron chi connectivity index (χ1n) is 5.93. The number of rotatable bonds is 5. The highest BCUT2D eigenvalue weighted by molar-refractivity contribution is 5.64. The lowest BCUT2D eigenvalue weighted by molar-refractivity contribution is 0.410. The molecule has 1 aromatic rings. The van der Waals surface area contributed by atoms with Gasteiger partial charge in [-0.1, -0.05) is 0 Å².